The van der Waals surface area contributed by atoms with Crippen molar-refractivity contribution in [3.63, 3.8) is 0 Å². The van der Waals surface area contributed by atoms with Crippen LogP contribution in [0.15, 0.2) is 0 Å². The van der Waals surface area contributed by atoms with Gasteiger partial charge in [-0.25, -0.2) is 0 Å². The zero-order valence-corrected chi connectivity index (χ0v) is 13.3. The first-order chi connectivity index (χ1) is 6.70. The molecule has 15 heavy (non-hydrogen) atoms. The molecule has 0 aromatic heterocycles. The molecule has 3 atom stereocenters. The van der Waals surface area contributed by atoms with Gasteiger partial charge in [0.05, 0.1) is 0 Å². The van der Waals surface area contributed by atoms with E-state index in [0.29, 0.717) is 5.92 Å². The van der Waals surface area contributed by atoms with Crippen LogP contribution in [-0.2, 0) is 0 Å². The smallest absolute Gasteiger partial charge is 0.0125 e. The Kier molecular flexibility index (Phi) is 6.73. The van der Waals surface area contributed by atoms with Gasteiger partial charge in [0, 0.05) is 9.46 Å². The molecule has 0 aliphatic heterocycles. The summed E-state index contributed by atoms with van der Waals surface area (Å²) >= 11 is 2.57. The molecule has 0 bridgehead atoms. The van der Waals surface area contributed by atoms with Gasteiger partial charge in [-0.1, -0.05) is 50.3 Å². The molecule has 0 fully saturated rings. The minimum atomic E-state index is -0.0565. The number of halogens is 1. The van der Waals surface area contributed by atoms with Crippen molar-refractivity contribution < 1.29 is 0 Å². The van der Waals surface area contributed by atoms with Gasteiger partial charge >= 0.3 is 0 Å². The Balaban J connectivity index is 4.53. The van der Waals surface area contributed by atoms with Gasteiger partial charge in [-0.15, -0.1) is 0 Å². The fraction of sp³-hybridized carbons (Fsp3) is 1.00. The summed E-state index contributed by atoms with van der Waals surface area (Å²) in [5, 5.41) is 0. The number of alkyl halides is 1. The summed E-state index contributed by atoms with van der Waals surface area (Å²) in [5.41, 5.74) is 6.18. The van der Waals surface area contributed by atoms with Crippen molar-refractivity contribution >= 4 is 22.6 Å². The quantitative estimate of drug-likeness (QED) is 0.574. The first-order valence-electron chi connectivity index (χ1n) is 6.13. The van der Waals surface area contributed by atoms with Crippen molar-refractivity contribution in [1.29, 1.82) is 0 Å². The highest BCUT2D eigenvalue weighted by atomic mass is 127. The van der Waals surface area contributed by atoms with Gasteiger partial charge in [0.25, 0.3) is 0 Å². The Morgan fingerprint density at radius 3 is 1.93 bits per heavy atom. The van der Waals surface area contributed by atoms with Crippen molar-refractivity contribution in [2.45, 2.75) is 63.8 Å². The van der Waals surface area contributed by atoms with Crippen LogP contribution < -0.4 is 5.73 Å². The van der Waals surface area contributed by atoms with Crippen LogP contribution in [0.5, 0.6) is 0 Å². The molecule has 0 rings (SSSR count). The Bertz CT molecular complexity index is 172. The van der Waals surface area contributed by atoms with Crippen LogP contribution in [0.3, 0.4) is 0 Å². The van der Waals surface area contributed by atoms with Crippen LogP contribution in [-0.4, -0.2) is 9.46 Å². The Labute approximate surface area is 110 Å². The highest BCUT2D eigenvalue weighted by Gasteiger charge is 2.31. The van der Waals surface area contributed by atoms with Crippen LogP contribution in [0.2, 0.25) is 0 Å². The highest BCUT2D eigenvalue weighted by molar-refractivity contribution is 14.1. The van der Waals surface area contributed by atoms with E-state index in [0.717, 1.165) is 15.8 Å². The summed E-state index contributed by atoms with van der Waals surface area (Å²) in [7, 11) is 0. The molecule has 0 spiro atoms. The van der Waals surface area contributed by atoms with Crippen LogP contribution in [0.1, 0.15) is 54.4 Å². The van der Waals surface area contributed by atoms with Gasteiger partial charge in [0.15, 0.2) is 0 Å². The number of rotatable bonds is 6. The van der Waals surface area contributed by atoms with Crippen LogP contribution in [0, 0.1) is 17.8 Å². The maximum atomic E-state index is 6.23. The van der Waals surface area contributed by atoms with Crippen LogP contribution in [0.4, 0.5) is 0 Å². The predicted octanol–water partition coefficient (Wildman–Crippen LogP) is 4.24. The molecule has 0 aliphatic carbocycles. The SMILES string of the molecule is CCC(I)CC(C(C)C)C(C)C(C)(C)N. The molecule has 3 unspecified atom stereocenters. The summed E-state index contributed by atoms with van der Waals surface area (Å²) in [5.74, 6) is 2.06. The van der Waals surface area contributed by atoms with E-state index in [-0.39, 0.29) is 5.54 Å². The molecule has 1 nitrogen and oxygen atoms in total. The summed E-state index contributed by atoms with van der Waals surface area (Å²) in [6, 6.07) is 0. The van der Waals surface area contributed by atoms with E-state index in [4.69, 9.17) is 5.73 Å². The van der Waals surface area contributed by atoms with Crippen molar-refractivity contribution in [2.24, 2.45) is 23.5 Å². The second-order valence-corrected chi connectivity index (χ2v) is 7.52. The lowest BCUT2D eigenvalue weighted by Gasteiger charge is -2.37. The summed E-state index contributed by atoms with van der Waals surface area (Å²) in [6.07, 6.45) is 2.57. The molecule has 2 heteroatoms. The largest absolute Gasteiger partial charge is 0.325 e. The zero-order valence-electron chi connectivity index (χ0n) is 11.2. The van der Waals surface area contributed by atoms with Gasteiger partial charge in [-0.05, 0) is 44.4 Å². The topological polar surface area (TPSA) is 26.0 Å². The van der Waals surface area contributed by atoms with E-state index in [2.05, 4.69) is 64.1 Å². The van der Waals surface area contributed by atoms with Gasteiger partial charge in [0.1, 0.15) is 0 Å². The second-order valence-electron chi connectivity index (χ2n) is 5.76. The van der Waals surface area contributed by atoms with Crippen molar-refractivity contribution in [3.05, 3.63) is 0 Å². The molecule has 0 radical (unpaired) electrons. The van der Waals surface area contributed by atoms with Gasteiger partial charge in [0.2, 0.25) is 0 Å². The van der Waals surface area contributed by atoms with Crippen molar-refractivity contribution in [2.75, 3.05) is 0 Å². The molecule has 0 amide bonds. The van der Waals surface area contributed by atoms with E-state index < -0.39 is 0 Å². The normalized spacial score (nSPS) is 19.0. The molecule has 0 aromatic rings. The predicted molar refractivity (Wildman–Crippen MR) is 78.5 cm³/mol. The Morgan fingerprint density at radius 1 is 1.20 bits per heavy atom. The number of nitrogens with two attached hydrogens (primary N) is 1. The third kappa shape index (κ3) is 5.53. The third-order valence-corrected chi connectivity index (χ3v) is 5.03. The molecular weight excluding hydrogens is 297 g/mol. The average molecular weight is 325 g/mol. The maximum Gasteiger partial charge on any atom is 0.0125 e. The lowest BCUT2D eigenvalue weighted by atomic mass is 9.72. The fourth-order valence-corrected chi connectivity index (χ4v) is 2.65. The van der Waals surface area contributed by atoms with E-state index in [1.807, 2.05) is 0 Å². The molecule has 92 valence electrons. The fourth-order valence-electron chi connectivity index (χ4n) is 2.07. The summed E-state index contributed by atoms with van der Waals surface area (Å²) < 4.78 is 0.791. The van der Waals surface area contributed by atoms with E-state index >= 15 is 0 Å². The molecular formula is C13H28IN. The monoisotopic (exact) mass is 325 g/mol. The third-order valence-electron chi connectivity index (χ3n) is 3.64. The lowest BCUT2D eigenvalue weighted by molar-refractivity contribution is 0.176. The average Bonchev–Trinajstić information content (AvgIpc) is 2.10. The zero-order chi connectivity index (χ0) is 12.2. The molecule has 0 aromatic carbocycles. The minimum Gasteiger partial charge on any atom is -0.325 e. The highest BCUT2D eigenvalue weighted by Crippen LogP contribution is 2.34. The molecule has 0 aliphatic rings. The van der Waals surface area contributed by atoms with Gasteiger partial charge in [-0.2, -0.15) is 0 Å². The first-order valence-corrected chi connectivity index (χ1v) is 7.37. The van der Waals surface area contributed by atoms with E-state index in [1.165, 1.54) is 12.8 Å². The Hall–Kier alpha value is 0.690. The van der Waals surface area contributed by atoms with Crippen LogP contribution >= 0.6 is 22.6 Å². The molecule has 0 heterocycles. The lowest BCUT2D eigenvalue weighted by Crippen LogP contribution is -2.44. The molecule has 0 saturated carbocycles. The van der Waals surface area contributed by atoms with E-state index in [1.54, 1.807) is 0 Å². The second kappa shape index (κ2) is 6.43. The Morgan fingerprint density at radius 2 is 1.67 bits per heavy atom. The van der Waals surface area contributed by atoms with E-state index in [9.17, 15) is 0 Å². The van der Waals surface area contributed by atoms with Crippen molar-refractivity contribution in [1.82, 2.24) is 0 Å². The minimum absolute atomic E-state index is 0.0565. The summed E-state index contributed by atoms with van der Waals surface area (Å²) in [6.45, 7) is 13.5. The van der Waals surface area contributed by atoms with Crippen LogP contribution in [0.25, 0.3) is 0 Å². The summed E-state index contributed by atoms with van der Waals surface area (Å²) in [4.78, 5) is 0. The molecule has 2 N–H and O–H groups in total. The molecule has 0 saturated heterocycles. The standard InChI is InChI=1S/C13H28IN/c1-7-11(14)8-12(9(2)3)10(4)13(5,6)15/h9-12H,7-8,15H2,1-6H3. The number of hydrogen-bond donors (Lipinski definition) is 1. The maximum absolute atomic E-state index is 6.23. The number of hydrogen-bond acceptors (Lipinski definition) is 1. The first kappa shape index (κ1) is 15.7. The van der Waals surface area contributed by atoms with Crippen molar-refractivity contribution in [3.8, 4) is 0 Å². The van der Waals surface area contributed by atoms with Gasteiger partial charge in [-0.3, -0.25) is 0 Å². The van der Waals surface area contributed by atoms with Gasteiger partial charge < -0.3 is 5.73 Å².